The van der Waals surface area contributed by atoms with Crippen molar-refractivity contribution in [2.45, 2.75) is 43.5 Å². The van der Waals surface area contributed by atoms with Crippen molar-refractivity contribution >= 4 is 10.0 Å². The Labute approximate surface area is 109 Å². The number of allylic oxidation sites excluding steroid dienone is 1. The van der Waals surface area contributed by atoms with E-state index < -0.39 is 15.6 Å². The first-order valence-corrected chi connectivity index (χ1v) is 7.68. The molecule has 0 saturated carbocycles. The first-order chi connectivity index (χ1) is 8.41. The molecule has 1 aliphatic carbocycles. The zero-order valence-electron chi connectivity index (χ0n) is 10.8. The van der Waals surface area contributed by atoms with Gasteiger partial charge in [0.25, 0.3) is 0 Å². The van der Waals surface area contributed by atoms with Gasteiger partial charge in [-0.05, 0) is 45.2 Å². The minimum Gasteiger partial charge on any atom is -0.207 e. The molecule has 0 unspecified atom stereocenters. The highest BCUT2D eigenvalue weighted by Gasteiger charge is 2.29. The SMILES string of the molecule is Cc1ccc(S(=O)(=O)N[C@]2(C)C=CCCC2)cc1. The first-order valence-electron chi connectivity index (χ1n) is 6.20. The van der Waals surface area contributed by atoms with Crippen LogP contribution < -0.4 is 4.72 Å². The molecule has 1 aromatic carbocycles. The van der Waals surface area contributed by atoms with Crippen molar-refractivity contribution in [2.24, 2.45) is 0 Å². The quantitative estimate of drug-likeness (QED) is 0.854. The van der Waals surface area contributed by atoms with Crippen molar-refractivity contribution in [1.82, 2.24) is 4.72 Å². The topological polar surface area (TPSA) is 46.2 Å². The second-order valence-electron chi connectivity index (χ2n) is 5.13. The third kappa shape index (κ3) is 3.00. The second-order valence-corrected chi connectivity index (χ2v) is 6.81. The third-order valence-corrected chi connectivity index (χ3v) is 4.88. The number of rotatable bonds is 3. The maximum absolute atomic E-state index is 12.3. The summed E-state index contributed by atoms with van der Waals surface area (Å²) in [4.78, 5) is 0.327. The van der Waals surface area contributed by atoms with E-state index in [4.69, 9.17) is 0 Å². The van der Waals surface area contributed by atoms with Crippen molar-refractivity contribution in [3.63, 3.8) is 0 Å². The molecule has 1 aromatic rings. The van der Waals surface area contributed by atoms with Crippen molar-refractivity contribution < 1.29 is 8.42 Å². The van der Waals surface area contributed by atoms with Gasteiger partial charge in [0.15, 0.2) is 0 Å². The minimum atomic E-state index is -3.44. The van der Waals surface area contributed by atoms with Gasteiger partial charge in [-0.3, -0.25) is 0 Å². The van der Waals surface area contributed by atoms with Gasteiger partial charge < -0.3 is 0 Å². The summed E-state index contributed by atoms with van der Waals surface area (Å²) in [7, 11) is -3.44. The van der Waals surface area contributed by atoms with Crippen LogP contribution in [0.25, 0.3) is 0 Å². The number of hydrogen-bond acceptors (Lipinski definition) is 2. The molecule has 0 spiro atoms. The van der Waals surface area contributed by atoms with Crippen LogP contribution in [0.1, 0.15) is 31.7 Å². The summed E-state index contributed by atoms with van der Waals surface area (Å²) in [6, 6.07) is 6.92. The van der Waals surface area contributed by atoms with E-state index in [0.29, 0.717) is 4.90 Å². The van der Waals surface area contributed by atoms with Gasteiger partial charge in [-0.15, -0.1) is 0 Å². The molecule has 0 bridgehead atoms. The van der Waals surface area contributed by atoms with Crippen molar-refractivity contribution in [3.8, 4) is 0 Å². The normalized spacial score (nSPS) is 24.1. The maximum Gasteiger partial charge on any atom is 0.241 e. The van der Waals surface area contributed by atoms with E-state index >= 15 is 0 Å². The lowest BCUT2D eigenvalue weighted by Gasteiger charge is -2.29. The van der Waals surface area contributed by atoms with E-state index in [1.807, 2.05) is 38.1 Å². The van der Waals surface area contributed by atoms with E-state index in [2.05, 4.69) is 4.72 Å². The molecule has 98 valence electrons. The molecule has 18 heavy (non-hydrogen) atoms. The summed E-state index contributed by atoms with van der Waals surface area (Å²) in [5, 5.41) is 0. The number of sulfonamides is 1. The highest BCUT2D eigenvalue weighted by atomic mass is 32.2. The molecule has 0 fully saturated rings. The lowest BCUT2D eigenvalue weighted by atomic mass is 9.91. The Morgan fingerprint density at radius 2 is 1.89 bits per heavy atom. The standard InChI is InChI=1S/C14H19NO2S/c1-12-6-8-13(9-7-12)18(16,17)15-14(2)10-4-3-5-11-14/h4,6-10,15H,3,5,11H2,1-2H3/t14-/m1/s1. The molecule has 0 aliphatic heterocycles. The molecule has 3 nitrogen and oxygen atoms in total. The Bertz CT molecular complexity index is 546. The van der Waals surface area contributed by atoms with Crippen LogP contribution in [0.15, 0.2) is 41.3 Å². The predicted octanol–water partition coefficient (Wildman–Crippen LogP) is 2.77. The zero-order valence-corrected chi connectivity index (χ0v) is 11.6. The van der Waals surface area contributed by atoms with Crippen molar-refractivity contribution in [1.29, 1.82) is 0 Å². The highest BCUT2D eigenvalue weighted by molar-refractivity contribution is 7.89. The van der Waals surface area contributed by atoms with Crippen LogP contribution in [0.2, 0.25) is 0 Å². The van der Waals surface area contributed by atoms with Gasteiger partial charge in [0, 0.05) is 5.54 Å². The van der Waals surface area contributed by atoms with Gasteiger partial charge in [0.05, 0.1) is 4.90 Å². The maximum atomic E-state index is 12.3. The summed E-state index contributed by atoms with van der Waals surface area (Å²) < 4.78 is 27.3. The molecule has 1 N–H and O–H groups in total. The molecule has 2 rings (SSSR count). The summed E-state index contributed by atoms with van der Waals surface area (Å²) in [6.07, 6.45) is 6.89. The van der Waals surface area contributed by atoms with Crippen LogP contribution >= 0.6 is 0 Å². The number of benzene rings is 1. The number of aryl methyl sites for hydroxylation is 1. The van der Waals surface area contributed by atoms with Crippen LogP contribution in [-0.2, 0) is 10.0 Å². The highest BCUT2D eigenvalue weighted by Crippen LogP contribution is 2.24. The molecule has 0 aromatic heterocycles. The molecular weight excluding hydrogens is 246 g/mol. The molecule has 4 heteroatoms. The van der Waals surface area contributed by atoms with Gasteiger partial charge in [0.2, 0.25) is 10.0 Å². The van der Waals surface area contributed by atoms with Gasteiger partial charge >= 0.3 is 0 Å². The zero-order chi connectivity index (χ0) is 13.2. The van der Waals surface area contributed by atoms with Gasteiger partial charge in [-0.1, -0.05) is 29.8 Å². The first kappa shape index (κ1) is 13.3. The predicted molar refractivity (Wildman–Crippen MR) is 72.9 cm³/mol. The fourth-order valence-corrected chi connectivity index (χ4v) is 3.58. The van der Waals surface area contributed by atoms with Crippen LogP contribution in [-0.4, -0.2) is 14.0 Å². The lowest BCUT2D eigenvalue weighted by Crippen LogP contribution is -2.45. The van der Waals surface area contributed by atoms with Crippen LogP contribution in [0.5, 0.6) is 0 Å². The average Bonchev–Trinajstić information content (AvgIpc) is 2.29. The molecule has 0 amide bonds. The van der Waals surface area contributed by atoms with Crippen LogP contribution in [0.3, 0.4) is 0 Å². The molecule has 1 atom stereocenters. The summed E-state index contributed by atoms with van der Waals surface area (Å²) in [6.45, 7) is 3.86. The summed E-state index contributed by atoms with van der Waals surface area (Å²) >= 11 is 0. The Balaban J connectivity index is 2.24. The van der Waals surface area contributed by atoms with E-state index in [-0.39, 0.29) is 0 Å². The molecular formula is C14H19NO2S. The van der Waals surface area contributed by atoms with Crippen molar-refractivity contribution in [2.75, 3.05) is 0 Å². The summed E-state index contributed by atoms with van der Waals surface area (Å²) in [5.74, 6) is 0. The van der Waals surface area contributed by atoms with Crippen LogP contribution in [0.4, 0.5) is 0 Å². The third-order valence-electron chi connectivity index (χ3n) is 3.25. The Morgan fingerprint density at radius 1 is 1.22 bits per heavy atom. The van der Waals surface area contributed by atoms with Gasteiger partial charge in [-0.2, -0.15) is 0 Å². The Hall–Kier alpha value is -1.13. The van der Waals surface area contributed by atoms with E-state index in [1.54, 1.807) is 12.1 Å². The fraction of sp³-hybridized carbons (Fsp3) is 0.429. The van der Waals surface area contributed by atoms with E-state index in [0.717, 1.165) is 24.8 Å². The fourth-order valence-electron chi connectivity index (χ4n) is 2.18. The van der Waals surface area contributed by atoms with Gasteiger partial charge in [0.1, 0.15) is 0 Å². The van der Waals surface area contributed by atoms with Crippen molar-refractivity contribution in [3.05, 3.63) is 42.0 Å². The molecule has 0 radical (unpaired) electrons. The second kappa shape index (κ2) is 4.86. The number of hydrogen-bond donors (Lipinski definition) is 1. The molecule has 0 saturated heterocycles. The number of nitrogens with one attached hydrogen (secondary N) is 1. The smallest absolute Gasteiger partial charge is 0.207 e. The largest absolute Gasteiger partial charge is 0.241 e. The Kier molecular flexibility index (Phi) is 3.59. The lowest BCUT2D eigenvalue weighted by molar-refractivity contribution is 0.441. The van der Waals surface area contributed by atoms with E-state index in [9.17, 15) is 8.42 Å². The molecule has 0 heterocycles. The molecule has 1 aliphatic rings. The Morgan fingerprint density at radius 3 is 2.44 bits per heavy atom. The van der Waals surface area contributed by atoms with Crippen LogP contribution in [0, 0.1) is 6.92 Å². The average molecular weight is 265 g/mol. The van der Waals surface area contributed by atoms with E-state index in [1.165, 1.54) is 0 Å². The monoisotopic (exact) mass is 265 g/mol. The van der Waals surface area contributed by atoms with Gasteiger partial charge in [-0.25, -0.2) is 13.1 Å². The minimum absolute atomic E-state index is 0.327. The summed E-state index contributed by atoms with van der Waals surface area (Å²) in [5.41, 5.74) is 0.597.